The van der Waals surface area contributed by atoms with Crippen LogP contribution >= 0.6 is 34.5 Å². The smallest absolute Gasteiger partial charge is 0.257 e. The first-order chi connectivity index (χ1) is 13.6. The van der Waals surface area contributed by atoms with Crippen molar-refractivity contribution in [2.75, 3.05) is 5.32 Å². The predicted molar refractivity (Wildman–Crippen MR) is 117 cm³/mol. The molecule has 1 heterocycles. The third-order valence-electron chi connectivity index (χ3n) is 4.19. The molecule has 0 aliphatic rings. The van der Waals surface area contributed by atoms with E-state index in [-0.39, 0.29) is 5.91 Å². The number of carbonyl (C=O) groups excluding carboxylic acids is 1. The average molecular weight is 425 g/mol. The van der Waals surface area contributed by atoms with E-state index in [1.54, 1.807) is 12.1 Å². The summed E-state index contributed by atoms with van der Waals surface area (Å²) in [6.45, 7) is 0. The maximum atomic E-state index is 12.5. The van der Waals surface area contributed by atoms with Gasteiger partial charge in [0.2, 0.25) is 0 Å². The second-order valence-corrected chi connectivity index (χ2v) is 7.76. The van der Waals surface area contributed by atoms with E-state index in [1.807, 2.05) is 66.0 Å². The van der Waals surface area contributed by atoms with Crippen LogP contribution in [0.3, 0.4) is 0 Å². The summed E-state index contributed by atoms with van der Waals surface area (Å²) < 4.78 is 0. The molecule has 28 heavy (non-hydrogen) atoms. The second kappa shape index (κ2) is 8.15. The minimum absolute atomic E-state index is 0.206. The van der Waals surface area contributed by atoms with Crippen molar-refractivity contribution >= 4 is 45.6 Å². The molecule has 1 amide bonds. The summed E-state index contributed by atoms with van der Waals surface area (Å²) in [6, 6.07) is 22.8. The molecule has 138 valence electrons. The van der Waals surface area contributed by atoms with E-state index in [1.165, 1.54) is 11.3 Å². The molecule has 0 unspecified atom stereocenters. The zero-order valence-corrected chi connectivity index (χ0v) is 16.9. The molecular weight excluding hydrogens is 411 g/mol. The summed E-state index contributed by atoms with van der Waals surface area (Å²) in [5.74, 6) is -0.206. The summed E-state index contributed by atoms with van der Waals surface area (Å²) >= 11 is 13.5. The number of nitrogens with one attached hydrogen (secondary N) is 1. The lowest BCUT2D eigenvalue weighted by atomic mass is 10.0. The van der Waals surface area contributed by atoms with Gasteiger partial charge in [-0.1, -0.05) is 65.7 Å². The van der Waals surface area contributed by atoms with Crippen LogP contribution in [0.1, 0.15) is 10.4 Å². The number of thiazole rings is 1. The van der Waals surface area contributed by atoms with Gasteiger partial charge in [0.1, 0.15) is 0 Å². The van der Waals surface area contributed by atoms with Crippen LogP contribution in [0.5, 0.6) is 0 Å². The fourth-order valence-corrected chi connectivity index (χ4v) is 3.98. The highest BCUT2D eigenvalue weighted by atomic mass is 35.5. The summed E-state index contributed by atoms with van der Waals surface area (Å²) in [7, 11) is 0. The van der Waals surface area contributed by atoms with Gasteiger partial charge in [-0.3, -0.25) is 10.1 Å². The third kappa shape index (κ3) is 4.09. The van der Waals surface area contributed by atoms with Crippen LogP contribution in [0.2, 0.25) is 10.0 Å². The molecule has 1 aromatic heterocycles. The number of halogens is 2. The molecule has 0 saturated heterocycles. The highest BCUT2D eigenvalue weighted by Crippen LogP contribution is 2.32. The van der Waals surface area contributed by atoms with Gasteiger partial charge in [0, 0.05) is 21.5 Å². The number of anilines is 1. The molecule has 6 heteroatoms. The van der Waals surface area contributed by atoms with Crippen LogP contribution in [-0.2, 0) is 0 Å². The molecule has 3 nitrogen and oxygen atoms in total. The lowest BCUT2D eigenvalue weighted by Crippen LogP contribution is -2.11. The van der Waals surface area contributed by atoms with E-state index < -0.39 is 0 Å². The Kier molecular flexibility index (Phi) is 5.44. The van der Waals surface area contributed by atoms with Crippen molar-refractivity contribution in [2.24, 2.45) is 0 Å². The summed E-state index contributed by atoms with van der Waals surface area (Å²) in [4.78, 5) is 17.0. The third-order valence-corrected chi connectivity index (χ3v) is 5.49. The molecule has 0 aliphatic heterocycles. The van der Waals surface area contributed by atoms with Gasteiger partial charge in [-0.2, -0.15) is 0 Å². The highest BCUT2D eigenvalue weighted by Gasteiger charge is 2.12. The second-order valence-electron chi connectivity index (χ2n) is 6.06. The predicted octanol–water partition coefficient (Wildman–Crippen LogP) is 7.04. The SMILES string of the molecule is O=C(Nc1nc(-c2ccc(Cl)cc2Cl)cs1)c1ccc(-c2ccccc2)cc1. The van der Waals surface area contributed by atoms with Crippen molar-refractivity contribution in [2.45, 2.75) is 0 Å². The van der Waals surface area contributed by atoms with Crippen molar-refractivity contribution in [1.82, 2.24) is 4.98 Å². The molecule has 4 rings (SSSR count). The van der Waals surface area contributed by atoms with E-state index >= 15 is 0 Å². The zero-order valence-electron chi connectivity index (χ0n) is 14.5. The van der Waals surface area contributed by atoms with Crippen molar-refractivity contribution in [3.63, 3.8) is 0 Å². The van der Waals surface area contributed by atoms with Gasteiger partial charge in [-0.25, -0.2) is 4.98 Å². The number of aromatic nitrogens is 1. The van der Waals surface area contributed by atoms with Gasteiger partial charge in [0.15, 0.2) is 5.13 Å². The van der Waals surface area contributed by atoms with Crippen molar-refractivity contribution in [3.05, 3.63) is 93.8 Å². The fraction of sp³-hybridized carbons (Fsp3) is 0. The Hall–Kier alpha value is -2.66. The standard InChI is InChI=1S/C22H14Cl2N2OS/c23-17-10-11-18(19(24)12-17)20-13-28-22(25-20)26-21(27)16-8-6-15(7-9-16)14-4-2-1-3-5-14/h1-13H,(H,25,26,27). The molecule has 1 N–H and O–H groups in total. The quantitative estimate of drug-likeness (QED) is 0.381. The molecule has 0 atom stereocenters. The van der Waals surface area contributed by atoms with Crippen LogP contribution in [0.25, 0.3) is 22.4 Å². The molecule has 0 aliphatic carbocycles. The van der Waals surface area contributed by atoms with E-state index in [0.717, 1.165) is 16.7 Å². The average Bonchev–Trinajstić information content (AvgIpc) is 3.17. The number of benzene rings is 3. The van der Waals surface area contributed by atoms with Gasteiger partial charge >= 0.3 is 0 Å². The maximum absolute atomic E-state index is 12.5. The largest absolute Gasteiger partial charge is 0.298 e. The fourth-order valence-electron chi connectivity index (χ4n) is 2.77. The maximum Gasteiger partial charge on any atom is 0.257 e. The molecule has 0 spiro atoms. The molecule has 0 radical (unpaired) electrons. The monoisotopic (exact) mass is 424 g/mol. The summed E-state index contributed by atoms with van der Waals surface area (Å²) in [6.07, 6.45) is 0. The van der Waals surface area contributed by atoms with E-state index in [4.69, 9.17) is 23.2 Å². The lowest BCUT2D eigenvalue weighted by Gasteiger charge is -2.05. The first kappa shape index (κ1) is 18.7. The molecule has 0 fully saturated rings. The van der Waals surface area contributed by atoms with Crippen LogP contribution in [0.15, 0.2) is 78.2 Å². The number of nitrogens with zero attached hydrogens (tertiary/aromatic N) is 1. The zero-order chi connectivity index (χ0) is 19.5. The Morgan fingerprint density at radius 3 is 2.32 bits per heavy atom. The van der Waals surface area contributed by atoms with Gasteiger partial charge in [-0.05, 0) is 41.5 Å². The number of amides is 1. The Morgan fingerprint density at radius 2 is 1.61 bits per heavy atom. The van der Waals surface area contributed by atoms with Crippen LogP contribution < -0.4 is 5.32 Å². The Bertz CT molecular complexity index is 1130. The van der Waals surface area contributed by atoms with E-state index in [0.29, 0.717) is 26.4 Å². The number of hydrogen-bond donors (Lipinski definition) is 1. The first-order valence-electron chi connectivity index (χ1n) is 8.48. The first-order valence-corrected chi connectivity index (χ1v) is 10.1. The topological polar surface area (TPSA) is 42.0 Å². The van der Waals surface area contributed by atoms with E-state index in [9.17, 15) is 4.79 Å². The van der Waals surface area contributed by atoms with Crippen molar-refractivity contribution < 1.29 is 4.79 Å². The Labute approximate surface area is 176 Å². The van der Waals surface area contributed by atoms with Crippen LogP contribution in [0.4, 0.5) is 5.13 Å². The van der Waals surface area contributed by atoms with Crippen LogP contribution in [0, 0.1) is 0 Å². The van der Waals surface area contributed by atoms with Gasteiger partial charge in [0.05, 0.1) is 10.7 Å². The molecular formula is C22H14Cl2N2OS. The van der Waals surface area contributed by atoms with E-state index in [2.05, 4.69) is 10.3 Å². The number of rotatable bonds is 4. The summed E-state index contributed by atoms with van der Waals surface area (Å²) in [5.41, 5.74) is 4.21. The summed E-state index contributed by atoms with van der Waals surface area (Å²) in [5, 5.41) is 6.29. The van der Waals surface area contributed by atoms with Crippen molar-refractivity contribution in [3.8, 4) is 22.4 Å². The minimum Gasteiger partial charge on any atom is -0.298 e. The Morgan fingerprint density at radius 1 is 0.893 bits per heavy atom. The Balaban J connectivity index is 1.49. The van der Waals surface area contributed by atoms with Crippen molar-refractivity contribution in [1.29, 1.82) is 0 Å². The number of carbonyl (C=O) groups is 1. The lowest BCUT2D eigenvalue weighted by molar-refractivity contribution is 0.102. The van der Waals surface area contributed by atoms with Gasteiger partial charge < -0.3 is 0 Å². The van der Waals surface area contributed by atoms with Gasteiger partial charge in [-0.15, -0.1) is 11.3 Å². The highest BCUT2D eigenvalue weighted by molar-refractivity contribution is 7.14. The van der Waals surface area contributed by atoms with Gasteiger partial charge in [0.25, 0.3) is 5.91 Å². The molecule has 4 aromatic rings. The van der Waals surface area contributed by atoms with Crippen LogP contribution in [-0.4, -0.2) is 10.9 Å². The number of hydrogen-bond acceptors (Lipinski definition) is 3. The molecule has 0 bridgehead atoms. The molecule has 0 saturated carbocycles. The normalized spacial score (nSPS) is 10.6. The molecule has 3 aromatic carbocycles. The minimum atomic E-state index is -0.206.